The van der Waals surface area contributed by atoms with E-state index in [1.807, 2.05) is 25.7 Å². The standard InChI is InChI=1S/C16H22BrN3O3S/c1-15(2,3)23-14(22)19-7-4-16(5-8-19)6-9-20(13(16)21)12-11(17)10-18-24-12/h10H,4-9H2,1-3H3. The quantitative estimate of drug-likeness (QED) is 0.701. The molecule has 0 saturated carbocycles. The predicted molar refractivity (Wildman–Crippen MR) is 96.3 cm³/mol. The van der Waals surface area contributed by atoms with Crippen molar-refractivity contribution in [3.05, 3.63) is 10.7 Å². The number of carbonyl (C=O) groups is 2. The first-order valence-electron chi connectivity index (χ1n) is 8.12. The third-order valence-corrected chi connectivity index (χ3v) is 6.31. The van der Waals surface area contributed by atoms with Gasteiger partial charge in [-0.15, -0.1) is 0 Å². The second-order valence-electron chi connectivity index (χ2n) is 7.43. The first-order valence-corrected chi connectivity index (χ1v) is 9.69. The van der Waals surface area contributed by atoms with Gasteiger partial charge in [-0.25, -0.2) is 4.79 Å². The van der Waals surface area contributed by atoms with Gasteiger partial charge in [0, 0.05) is 19.6 Å². The van der Waals surface area contributed by atoms with Crippen molar-refractivity contribution in [2.45, 2.75) is 45.6 Å². The summed E-state index contributed by atoms with van der Waals surface area (Å²) in [6, 6.07) is 0. The average Bonchev–Trinajstić information content (AvgIpc) is 3.04. The fourth-order valence-corrected chi connectivity index (χ4v) is 4.66. The monoisotopic (exact) mass is 415 g/mol. The molecule has 2 fully saturated rings. The zero-order valence-electron chi connectivity index (χ0n) is 14.2. The molecule has 0 radical (unpaired) electrons. The third-order valence-electron chi connectivity index (χ3n) is 4.64. The summed E-state index contributed by atoms with van der Waals surface area (Å²) < 4.78 is 10.4. The van der Waals surface area contributed by atoms with Crippen LogP contribution in [0, 0.1) is 5.41 Å². The maximum Gasteiger partial charge on any atom is 0.410 e. The SMILES string of the molecule is CC(C)(C)OC(=O)N1CCC2(CC1)CCN(c1sncc1Br)C2=O. The Morgan fingerprint density at radius 1 is 1.29 bits per heavy atom. The van der Waals surface area contributed by atoms with Crippen LogP contribution in [0.15, 0.2) is 10.7 Å². The van der Waals surface area contributed by atoms with Crippen molar-refractivity contribution in [1.29, 1.82) is 0 Å². The molecule has 0 N–H and O–H groups in total. The molecule has 24 heavy (non-hydrogen) atoms. The smallest absolute Gasteiger partial charge is 0.410 e. The van der Waals surface area contributed by atoms with Gasteiger partial charge in [0.2, 0.25) is 5.91 Å². The van der Waals surface area contributed by atoms with Crippen LogP contribution >= 0.6 is 27.5 Å². The Morgan fingerprint density at radius 2 is 1.92 bits per heavy atom. The second kappa shape index (κ2) is 6.29. The summed E-state index contributed by atoms with van der Waals surface area (Å²) in [7, 11) is 0. The predicted octanol–water partition coefficient (Wildman–Crippen LogP) is 3.66. The summed E-state index contributed by atoms with van der Waals surface area (Å²) in [6.07, 6.45) is 3.66. The minimum absolute atomic E-state index is 0.163. The van der Waals surface area contributed by atoms with Crippen molar-refractivity contribution in [2.75, 3.05) is 24.5 Å². The number of anilines is 1. The van der Waals surface area contributed by atoms with Gasteiger partial charge >= 0.3 is 6.09 Å². The van der Waals surface area contributed by atoms with Gasteiger partial charge in [-0.1, -0.05) is 0 Å². The Bertz CT molecular complexity index is 647. The molecular formula is C16H22BrN3O3S. The molecule has 1 aromatic heterocycles. The molecule has 2 amide bonds. The maximum atomic E-state index is 13.0. The number of halogens is 1. The van der Waals surface area contributed by atoms with E-state index in [0.29, 0.717) is 32.5 Å². The van der Waals surface area contributed by atoms with Gasteiger partial charge in [0.25, 0.3) is 0 Å². The molecule has 0 aromatic carbocycles. The second-order valence-corrected chi connectivity index (χ2v) is 9.07. The molecule has 0 unspecified atom stereocenters. The molecule has 1 spiro atoms. The van der Waals surface area contributed by atoms with Crippen LogP contribution in [0.1, 0.15) is 40.0 Å². The van der Waals surface area contributed by atoms with Crippen molar-refractivity contribution in [2.24, 2.45) is 5.41 Å². The van der Waals surface area contributed by atoms with Crippen LogP contribution in [-0.2, 0) is 9.53 Å². The highest BCUT2D eigenvalue weighted by Gasteiger charge is 2.50. The summed E-state index contributed by atoms with van der Waals surface area (Å²) in [5.74, 6) is 0.163. The number of ether oxygens (including phenoxy) is 1. The number of rotatable bonds is 1. The van der Waals surface area contributed by atoms with Crippen molar-refractivity contribution in [3.63, 3.8) is 0 Å². The van der Waals surface area contributed by atoms with Crippen LogP contribution in [0.4, 0.5) is 9.80 Å². The summed E-state index contributed by atoms with van der Waals surface area (Å²) in [5.41, 5.74) is -0.841. The van der Waals surface area contributed by atoms with Crippen LogP contribution in [0.25, 0.3) is 0 Å². The molecule has 3 heterocycles. The van der Waals surface area contributed by atoms with Gasteiger partial charge in [0.1, 0.15) is 10.6 Å². The van der Waals surface area contributed by atoms with E-state index in [2.05, 4.69) is 20.3 Å². The minimum Gasteiger partial charge on any atom is -0.444 e. The van der Waals surface area contributed by atoms with Gasteiger partial charge in [-0.2, -0.15) is 4.37 Å². The number of hydrogen-bond acceptors (Lipinski definition) is 5. The van der Waals surface area contributed by atoms with Gasteiger partial charge in [0.05, 0.1) is 16.1 Å². The largest absolute Gasteiger partial charge is 0.444 e. The van der Waals surface area contributed by atoms with E-state index in [1.165, 1.54) is 11.5 Å². The Balaban J connectivity index is 1.65. The van der Waals surface area contributed by atoms with Crippen LogP contribution in [0.3, 0.4) is 0 Å². The molecule has 0 aliphatic carbocycles. The van der Waals surface area contributed by atoms with Crippen LogP contribution < -0.4 is 4.90 Å². The fourth-order valence-electron chi connectivity index (χ4n) is 3.32. The molecule has 0 bridgehead atoms. The van der Waals surface area contributed by atoms with E-state index in [1.54, 1.807) is 11.1 Å². The van der Waals surface area contributed by atoms with E-state index < -0.39 is 5.60 Å². The van der Waals surface area contributed by atoms with Crippen molar-refractivity contribution >= 4 is 44.5 Å². The first-order chi connectivity index (χ1) is 11.2. The lowest BCUT2D eigenvalue weighted by molar-refractivity contribution is -0.128. The van der Waals surface area contributed by atoms with E-state index >= 15 is 0 Å². The molecule has 2 aliphatic heterocycles. The van der Waals surface area contributed by atoms with Gasteiger partial charge in [-0.05, 0) is 67.5 Å². The van der Waals surface area contributed by atoms with Gasteiger partial charge in [-0.3, -0.25) is 4.79 Å². The van der Waals surface area contributed by atoms with Gasteiger partial charge in [0.15, 0.2) is 0 Å². The Kier molecular flexibility index (Phi) is 4.63. The van der Waals surface area contributed by atoms with E-state index in [4.69, 9.17) is 4.74 Å². The molecule has 2 aliphatic rings. The summed E-state index contributed by atoms with van der Waals surface area (Å²) in [5, 5.41) is 0.881. The molecule has 6 nitrogen and oxygen atoms in total. The summed E-state index contributed by atoms with van der Waals surface area (Å²) in [4.78, 5) is 28.7. The van der Waals surface area contributed by atoms with Crippen molar-refractivity contribution in [3.8, 4) is 0 Å². The Labute approximate surface area is 154 Å². The van der Waals surface area contributed by atoms with Crippen LogP contribution in [0.2, 0.25) is 0 Å². The van der Waals surface area contributed by atoms with Crippen molar-refractivity contribution < 1.29 is 14.3 Å². The van der Waals surface area contributed by atoms with E-state index in [0.717, 1.165) is 15.9 Å². The summed E-state index contributed by atoms with van der Waals surface area (Å²) >= 11 is 4.79. The summed E-state index contributed by atoms with van der Waals surface area (Å²) in [6.45, 7) is 7.44. The van der Waals surface area contributed by atoms with Gasteiger partial charge < -0.3 is 14.5 Å². The highest BCUT2D eigenvalue weighted by atomic mass is 79.9. The highest BCUT2D eigenvalue weighted by molar-refractivity contribution is 9.10. The maximum absolute atomic E-state index is 13.0. The molecule has 1 aromatic rings. The number of nitrogens with zero attached hydrogens (tertiary/aromatic N) is 3. The number of likely N-dealkylation sites (tertiary alicyclic amines) is 1. The molecule has 3 rings (SSSR count). The van der Waals surface area contributed by atoms with E-state index in [9.17, 15) is 9.59 Å². The zero-order valence-corrected chi connectivity index (χ0v) is 16.6. The fraction of sp³-hybridized carbons (Fsp3) is 0.688. The number of amides is 2. The number of piperidine rings is 1. The Hall–Kier alpha value is -1.15. The van der Waals surface area contributed by atoms with Crippen molar-refractivity contribution in [1.82, 2.24) is 9.27 Å². The minimum atomic E-state index is -0.495. The Morgan fingerprint density at radius 3 is 2.46 bits per heavy atom. The first kappa shape index (κ1) is 17.7. The lowest BCUT2D eigenvalue weighted by Crippen LogP contribution is -2.48. The van der Waals surface area contributed by atoms with E-state index in [-0.39, 0.29) is 17.4 Å². The average molecular weight is 416 g/mol. The normalized spacial score (nSPS) is 20.8. The lowest BCUT2D eigenvalue weighted by atomic mass is 9.77. The molecule has 0 atom stereocenters. The number of hydrogen-bond donors (Lipinski definition) is 0. The molecular weight excluding hydrogens is 394 g/mol. The molecule has 132 valence electrons. The lowest BCUT2D eigenvalue weighted by Gasteiger charge is -2.38. The molecule has 8 heteroatoms. The topological polar surface area (TPSA) is 62.7 Å². The van der Waals surface area contributed by atoms with Crippen LogP contribution in [0.5, 0.6) is 0 Å². The van der Waals surface area contributed by atoms with Crippen LogP contribution in [-0.4, -0.2) is 46.5 Å². The number of aromatic nitrogens is 1. The zero-order chi connectivity index (χ0) is 17.5. The third kappa shape index (κ3) is 3.31. The number of carbonyl (C=O) groups excluding carboxylic acids is 2. The highest BCUT2D eigenvalue weighted by Crippen LogP contribution is 2.45. The molecule has 2 saturated heterocycles.